The number of hydrogen-bond acceptors (Lipinski definition) is 4. The molecule has 2 aromatic heterocycles. The molecular weight excluding hydrogens is 284 g/mol. The smallest absolute Gasteiger partial charge is 0.216 e. The van der Waals surface area contributed by atoms with E-state index in [1.54, 1.807) is 17.5 Å². The van der Waals surface area contributed by atoms with Crippen molar-refractivity contribution >= 4 is 17.3 Å². The van der Waals surface area contributed by atoms with E-state index in [1.807, 2.05) is 6.07 Å². The van der Waals surface area contributed by atoms with Crippen LogP contribution in [0.4, 0.5) is 0 Å². The van der Waals surface area contributed by atoms with Gasteiger partial charge in [-0.1, -0.05) is 26.8 Å². The summed E-state index contributed by atoms with van der Waals surface area (Å²) < 4.78 is 5.66. The summed E-state index contributed by atoms with van der Waals surface area (Å²) in [4.78, 5) is 9.79. The lowest BCUT2D eigenvalue weighted by molar-refractivity contribution is 0.383. The molecule has 0 aromatic carbocycles. The summed E-state index contributed by atoms with van der Waals surface area (Å²) >= 11 is 1.74. The van der Waals surface area contributed by atoms with Crippen LogP contribution in [-0.4, -0.2) is 17.5 Å². The average molecular weight is 306 g/mol. The van der Waals surface area contributed by atoms with Crippen molar-refractivity contribution in [3.8, 4) is 0 Å². The molecule has 5 nitrogen and oxygen atoms in total. The van der Waals surface area contributed by atoms with E-state index >= 15 is 0 Å². The standard InChI is InChI=1S/C15H22N4OS/c1-15(2,3)12-9-18-13(20-12)10-19-14(16)17-7-6-11-5-4-8-21-11/h4-5,8-9H,6-7,10H2,1-3H3,(H3,16,17,19). The van der Waals surface area contributed by atoms with Gasteiger partial charge in [-0.15, -0.1) is 11.3 Å². The van der Waals surface area contributed by atoms with E-state index in [0.717, 1.165) is 18.7 Å². The highest BCUT2D eigenvalue weighted by molar-refractivity contribution is 7.09. The maximum Gasteiger partial charge on any atom is 0.216 e. The van der Waals surface area contributed by atoms with Crippen LogP contribution >= 0.6 is 11.3 Å². The molecule has 0 atom stereocenters. The number of aliphatic imine (C=N–C) groups is 1. The molecule has 2 rings (SSSR count). The topological polar surface area (TPSA) is 76.4 Å². The van der Waals surface area contributed by atoms with Crippen LogP contribution in [0.5, 0.6) is 0 Å². The third-order valence-electron chi connectivity index (χ3n) is 2.94. The van der Waals surface area contributed by atoms with Crippen molar-refractivity contribution in [3.05, 3.63) is 40.2 Å². The van der Waals surface area contributed by atoms with E-state index in [0.29, 0.717) is 18.4 Å². The number of rotatable bonds is 5. The van der Waals surface area contributed by atoms with Crippen LogP contribution in [-0.2, 0) is 18.4 Å². The predicted octanol–water partition coefficient (Wildman–Crippen LogP) is 2.68. The molecule has 2 heterocycles. The van der Waals surface area contributed by atoms with Crippen LogP contribution in [0.3, 0.4) is 0 Å². The van der Waals surface area contributed by atoms with Crippen molar-refractivity contribution in [2.45, 2.75) is 39.2 Å². The Morgan fingerprint density at radius 1 is 1.48 bits per heavy atom. The summed E-state index contributed by atoms with van der Waals surface area (Å²) in [7, 11) is 0. The molecule has 0 saturated heterocycles. The van der Waals surface area contributed by atoms with E-state index in [-0.39, 0.29) is 5.41 Å². The number of oxazole rings is 1. The van der Waals surface area contributed by atoms with Gasteiger partial charge in [-0.2, -0.15) is 0 Å². The zero-order chi connectivity index (χ0) is 15.3. The molecule has 0 aliphatic rings. The summed E-state index contributed by atoms with van der Waals surface area (Å²) in [5.41, 5.74) is 5.78. The first-order valence-corrected chi connectivity index (χ1v) is 7.84. The Bertz CT molecular complexity index is 581. The third kappa shape index (κ3) is 4.90. The van der Waals surface area contributed by atoms with Gasteiger partial charge in [0.15, 0.2) is 5.96 Å². The first-order chi connectivity index (χ1) is 9.95. The number of aromatic nitrogens is 1. The molecule has 0 aliphatic heterocycles. The number of hydrogen-bond donors (Lipinski definition) is 2. The quantitative estimate of drug-likeness (QED) is 0.658. The Kier molecular flexibility index (Phi) is 5.01. The van der Waals surface area contributed by atoms with Crippen LogP contribution < -0.4 is 11.1 Å². The van der Waals surface area contributed by atoms with Gasteiger partial charge in [-0.25, -0.2) is 9.98 Å². The average Bonchev–Trinajstić information content (AvgIpc) is 3.06. The van der Waals surface area contributed by atoms with Crippen LogP contribution in [0.2, 0.25) is 0 Å². The van der Waals surface area contributed by atoms with E-state index in [2.05, 4.69) is 47.5 Å². The SMILES string of the molecule is CC(C)(C)c1cnc(CN=C(N)NCCc2cccs2)o1. The highest BCUT2D eigenvalue weighted by Gasteiger charge is 2.18. The number of nitrogens with two attached hydrogens (primary N) is 1. The fourth-order valence-corrected chi connectivity index (χ4v) is 2.42. The molecule has 0 radical (unpaired) electrons. The lowest BCUT2D eigenvalue weighted by Crippen LogP contribution is -2.33. The van der Waals surface area contributed by atoms with Crippen LogP contribution in [0.1, 0.15) is 37.3 Å². The molecule has 2 aromatic rings. The van der Waals surface area contributed by atoms with Crippen molar-refractivity contribution in [3.63, 3.8) is 0 Å². The molecule has 114 valence electrons. The van der Waals surface area contributed by atoms with Crippen molar-refractivity contribution in [1.82, 2.24) is 10.3 Å². The van der Waals surface area contributed by atoms with Crippen molar-refractivity contribution < 1.29 is 4.42 Å². The van der Waals surface area contributed by atoms with E-state index < -0.39 is 0 Å². The summed E-state index contributed by atoms with van der Waals surface area (Å²) in [6, 6.07) is 4.16. The van der Waals surface area contributed by atoms with Gasteiger partial charge in [0.2, 0.25) is 5.89 Å². The van der Waals surface area contributed by atoms with Crippen LogP contribution in [0.15, 0.2) is 33.1 Å². The summed E-state index contributed by atoms with van der Waals surface area (Å²) in [5.74, 6) is 1.86. The minimum Gasteiger partial charge on any atom is -0.443 e. The first-order valence-electron chi connectivity index (χ1n) is 6.96. The minimum atomic E-state index is -0.0422. The number of nitrogens with one attached hydrogen (secondary N) is 1. The predicted molar refractivity (Wildman–Crippen MR) is 86.6 cm³/mol. The summed E-state index contributed by atoms with van der Waals surface area (Å²) in [6.07, 6.45) is 2.70. The Balaban J connectivity index is 1.79. The number of guanidine groups is 1. The normalized spacial score (nSPS) is 12.6. The molecule has 21 heavy (non-hydrogen) atoms. The van der Waals surface area contributed by atoms with Gasteiger partial charge in [0.1, 0.15) is 12.3 Å². The van der Waals surface area contributed by atoms with Gasteiger partial charge in [0.05, 0.1) is 6.20 Å². The molecule has 3 N–H and O–H groups in total. The summed E-state index contributed by atoms with van der Waals surface area (Å²) in [5, 5.41) is 5.16. The van der Waals surface area contributed by atoms with E-state index in [9.17, 15) is 0 Å². The number of thiophene rings is 1. The van der Waals surface area contributed by atoms with Crippen LogP contribution in [0, 0.1) is 0 Å². The molecule has 0 saturated carbocycles. The minimum absolute atomic E-state index is 0.0422. The zero-order valence-electron chi connectivity index (χ0n) is 12.7. The monoisotopic (exact) mass is 306 g/mol. The lowest BCUT2D eigenvalue weighted by Gasteiger charge is -2.12. The van der Waals surface area contributed by atoms with Gasteiger partial charge < -0.3 is 15.5 Å². The second-order valence-corrected chi connectivity index (χ2v) is 6.86. The molecular formula is C15H22N4OS. The van der Waals surface area contributed by atoms with Gasteiger partial charge in [-0.05, 0) is 17.9 Å². The molecule has 0 aliphatic carbocycles. The van der Waals surface area contributed by atoms with E-state index in [1.165, 1.54) is 4.88 Å². The maximum atomic E-state index is 5.83. The van der Waals surface area contributed by atoms with Gasteiger partial charge in [0.25, 0.3) is 0 Å². The Morgan fingerprint density at radius 2 is 2.29 bits per heavy atom. The molecule has 0 unspecified atom stereocenters. The largest absolute Gasteiger partial charge is 0.443 e. The molecule has 0 bridgehead atoms. The maximum absolute atomic E-state index is 5.83. The Labute approximate surface area is 129 Å². The van der Waals surface area contributed by atoms with Crippen molar-refractivity contribution in [2.24, 2.45) is 10.7 Å². The summed E-state index contributed by atoms with van der Waals surface area (Å²) in [6.45, 7) is 7.38. The molecule has 6 heteroatoms. The second kappa shape index (κ2) is 6.76. The van der Waals surface area contributed by atoms with Crippen molar-refractivity contribution in [2.75, 3.05) is 6.54 Å². The number of nitrogens with zero attached hydrogens (tertiary/aromatic N) is 2. The highest BCUT2D eigenvalue weighted by Crippen LogP contribution is 2.22. The van der Waals surface area contributed by atoms with Crippen molar-refractivity contribution in [1.29, 1.82) is 0 Å². The Morgan fingerprint density at radius 3 is 2.90 bits per heavy atom. The lowest BCUT2D eigenvalue weighted by atomic mass is 9.94. The third-order valence-corrected chi connectivity index (χ3v) is 3.87. The molecule has 0 spiro atoms. The molecule has 0 fully saturated rings. The Hall–Kier alpha value is -1.82. The first kappa shape index (κ1) is 15.6. The zero-order valence-corrected chi connectivity index (χ0v) is 13.5. The van der Waals surface area contributed by atoms with Gasteiger partial charge in [-0.3, -0.25) is 0 Å². The second-order valence-electron chi connectivity index (χ2n) is 5.83. The molecule has 0 amide bonds. The van der Waals surface area contributed by atoms with Gasteiger partial charge in [0, 0.05) is 16.8 Å². The fraction of sp³-hybridized carbons (Fsp3) is 0.467. The highest BCUT2D eigenvalue weighted by atomic mass is 32.1. The fourth-order valence-electron chi connectivity index (χ4n) is 1.71. The van der Waals surface area contributed by atoms with Gasteiger partial charge >= 0.3 is 0 Å². The van der Waals surface area contributed by atoms with Crippen LogP contribution in [0.25, 0.3) is 0 Å². The van der Waals surface area contributed by atoms with E-state index in [4.69, 9.17) is 10.2 Å².